The number of carboxylic acids is 1. The number of nitrogens with two attached hydrogens (primary N) is 1. The number of aromatic carboxylic acids is 1. The molecular weight excluding hydrogens is 284 g/mol. The van der Waals surface area contributed by atoms with Crippen LogP contribution in [0.15, 0.2) is 18.2 Å². The third kappa shape index (κ3) is 2.52. The number of sulfonamides is 1. The zero-order valence-corrected chi connectivity index (χ0v) is 11.6. The third-order valence-electron chi connectivity index (χ3n) is 3.29. The number of carbonyl (C=O) groups is 2. The molecular formula is C12H14N2O5S. The monoisotopic (exact) mass is 298 g/mol. The van der Waals surface area contributed by atoms with E-state index >= 15 is 0 Å². The average Bonchev–Trinajstić information content (AvgIpc) is 2.70. The molecule has 1 fully saturated rings. The number of amides is 1. The van der Waals surface area contributed by atoms with Crippen molar-refractivity contribution in [3.05, 3.63) is 29.3 Å². The number of nitrogens with zero attached hydrogens (tertiary/aromatic N) is 1. The summed E-state index contributed by atoms with van der Waals surface area (Å²) >= 11 is 0. The van der Waals surface area contributed by atoms with Crippen molar-refractivity contribution in [3.8, 4) is 0 Å². The Labute approximate surface area is 116 Å². The van der Waals surface area contributed by atoms with Crippen molar-refractivity contribution in [2.75, 3.05) is 11.4 Å². The molecule has 1 atom stereocenters. The fourth-order valence-corrected chi connectivity index (χ4v) is 3.03. The van der Waals surface area contributed by atoms with Gasteiger partial charge in [-0.15, -0.1) is 0 Å². The van der Waals surface area contributed by atoms with Gasteiger partial charge in [0.05, 0.1) is 11.3 Å². The summed E-state index contributed by atoms with van der Waals surface area (Å²) in [5.74, 6) is -1.61. The number of anilines is 1. The minimum Gasteiger partial charge on any atom is -0.478 e. The van der Waals surface area contributed by atoms with Crippen molar-refractivity contribution in [2.45, 2.75) is 18.6 Å². The van der Waals surface area contributed by atoms with Crippen molar-refractivity contribution < 1.29 is 23.1 Å². The number of aryl methyl sites for hydroxylation is 1. The second-order valence-electron chi connectivity index (χ2n) is 4.70. The minimum absolute atomic E-state index is 0.0339. The number of carboxylic acid groups (broad SMARTS) is 1. The van der Waals surface area contributed by atoms with Crippen LogP contribution in [0.5, 0.6) is 0 Å². The largest absolute Gasteiger partial charge is 0.478 e. The molecule has 7 nitrogen and oxygen atoms in total. The molecule has 0 bridgehead atoms. The van der Waals surface area contributed by atoms with Crippen LogP contribution in [0.2, 0.25) is 0 Å². The maximum absolute atomic E-state index is 12.0. The lowest BCUT2D eigenvalue weighted by atomic mass is 10.1. The van der Waals surface area contributed by atoms with E-state index in [1.807, 2.05) is 0 Å². The van der Waals surface area contributed by atoms with E-state index in [2.05, 4.69) is 0 Å². The molecule has 1 aliphatic heterocycles. The molecule has 1 aromatic carbocycles. The second kappa shape index (κ2) is 4.88. The first-order chi connectivity index (χ1) is 9.21. The molecule has 0 spiro atoms. The Hall–Kier alpha value is -1.93. The van der Waals surface area contributed by atoms with Gasteiger partial charge in [-0.2, -0.15) is 0 Å². The topological polar surface area (TPSA) is 118 Å². The molecule has 0 aliphatic carbocycles. The number of hydrogen-bond acceptors (Lipinski definition) is 4. The van der Waals surface area contributed by atoms with Gasteiger partial charge in [-0.05, 0) is 18.6 Å². The molecule has 8 heteroatoms. The van der Waals surface area contributed by atoms with Gasteiger partial charge < -0.3 is 10.0 Å². The van der Waals surface area contributed by atoms with E-state index in [9.17, 15) is 23.1 Å². The summed E-state index contributed by atoms with van der Waals surface area (Å²) in [6.45, 7) is 1.54. The third-order valence-corrected chi connectivity index (χ3v) is 4.54. The standard InChI is InChI=1S/C12H14N2O5S/c1-7-3-2-4-9(12(16)17)11(7)14-6-8(5-10(14)15)20(13,18)19/h2-4,8H,5-6H2,1H3,(H,16,17)(H2,13,18,19). The Bertz CT molecular complexity index is 683. The van der Waals surface area contributed by atoms with Crippen molar-refractivity contribution in [3.63, 3.8) is 0 Å². The van der Waals surface area contributed by atoms with Gasteiger partial charge in [0.2, 0.25) is 15.9 Å². The molecule has 1 aromatic rings. The SMILES string of the molecule is Cc1cccc(C(=O)O)c1N1CC(S(N)(=O)=O)CC1=O. The first-order valence-corrected chi connectivity index (χ1v) is 7.47. The second-order valence-corrected chi connectivity index (χ2v) is 6.54. The lowest BCUT2D eigenvalue weighted by Crippen LogP contribution is -2.33. The predicted octanol–water partition coefficient (Wildman–Crippen LogP) is 0.0870. The number of carbonyl (C=O) groups excluding carboxylic acids is 1. The number of benzene rings is 1. The van der Waals surface area contributed by atoms with E-state index in [0.717, 1.165) is 0 Å². The smallest absolute Gasteiger partial charge is 0.337 e. The van der Waals surface area contributed by atoms with Crippen molar-refractivity contribution >= 4 is 27.6 Å². The van der Waals surface area contributed by atoms with Gasteiger partial charge in [0.25, 0.3) is 0 Å². The summed E-state index contributed by atoms with van der Waals surface area (Å²) in [5.41, 5.74) is 0.790. The first-order valence-electron chi connectivity index (χ1n) is 5.86. The molecule has 108 valence electrons. The highest BCUT2D eigenvalue weighted by Gasteiger charge is 2.38. The van der Waals surface area contributed by atoms with Gasteiger partial charge in [-0.3, -0.25) is 4.79 Å². The molecule has 1 amide bonds. The zero-order chi connectivity index (χ0) is 15.1. The normalized spacial score (nSPS) is 19.4. The Balaban J connectivity index is 2.48. The molecule has 1 aliphatic rings. The summed E-state index contributed by atoms with van der Waals surface area (Å²) in [5, 5.41) is 13.2. The van der Waals surface area contributed by atoms with E-state index in [1.54, 1.807) is 19.1 Å². The van der Waals surface area contributed by atoms with E-state index in [0.29, 0.717) is 5.56 Å². The number of para-hydroxylation sites is 1. The lowest BCUT2D eigenvalue weighted by Gasteiger charge is -2.21. The molecule has 1 heterocycles. The van der Waals surface area contributed by atoms with Crippen LogP contribution in [0.4, 0.5) is 5.69 Å². The van der Waals surface area contributed by atoms with Crippen LogP contribution < -0.4 is 10.0 Å². The molecule has 1 unspecified atom stereocenters. The quantitative estimate of drug-likeness (QED) is 0.819. The van der Waals surface area contributed by atoms with Crippen LogP contribution in [0.3, 0.4) is 0 Å². The highest BCUT2D eigenvalue weighted by atomic mass is 32.2. The van der Waals surface area contributed by atoms with Crippen molar-refractivity contribution in [2.24, 2.45) is 5.14 Å². The molecule has 0 aromatic heterocycles. The fraction of sp³-hybridized carbons (Fsp3) is 0.333. The number of primary sulfonamides is 1. The first kappa shape index (κ1) is 14.5. The maximum atomic E-state index is 12.0. The summed E-state index contributed by atoms with van der Waals surface area (Å²) in [7, 11) is -3.83. The lowest BCUT2D eigenvalue weighted by molar-refractivity contribution is -0.117. The number of rotatable bonds is 3. The maximum Gasteiger partial charge on any atom is 0.337 e. The van der Waals surface area contributed by atoms with Crippen LogP contribution in [0.1, 0.15) is 22.3 Å². The Morgan fingerprint density at radius 1 is 1.45 bits per heavy atom. The van der Waals surface area contributed by atoms with E-state index < -0.39 is 27.1 Å². The molecule has 3 N–H and O–H groups in total. The van der Waals surface area contributed by atoms with Gasteiger partial charge in [0, 0.05) is 13.0 Å². The van der Waals surface area contributed by atoms with Crippen molar-refractivity contribution in [1.29, 1.82) is 0 Å². The highest BCUT2D eigenvalue weighted by Crippen LogP contribution is 2.30. The minimum atomic E-state index is -3.83. The van der Waals surface area contributed by atoms with Gasteiger partial charge in [0.1, 0.15) is 5.25 Å². The van der Waals surface area contributed by atoms with Crippen LogP contribution in [-0.2, 0) is 14.8 Å². The zero-order valence-electron chi connectivity index (χ0n) is 10.7. The average molecular weight is 298 g/mol. The summed E-state index contributed by atoms with van der Waals surface area (Å²) < 4.78 is 22.7. The van der Waals surface area contributed by atoms with Crippen LogP contribution >= 0.6 is 0 Å². The molecule has 0 radical (unpaired) electrons. The summed E-state index contributed by atoms with van der Waals surface area (Å²) in [6, 6.07) is 4.61. The fourth-order valence-electron chi connectivity index (χ4n) is 2.30. The van der Waals surface area contributed by atoms with Gasteiger partial charge >= 0.3 is 5.97 Å². The number of hydrogen-bond donors (Lipinski definition) is 2. The molecule has 1 saturated heterocycles. The Morgan fingerprint density at radius 2 is 2.10 bits per heavy atom. The van der Waals surface area contributed by atoms with Crippen molar-refractivity contribution in [1.82, 2.24) is 0 Å². The van der Waals surface area contributed by atoms with Crippen LogP contribution in [-0.4, -0.2) is 37.2 Å². The molecule has 2 rings (SSSR count). The molecule has 20 heavy (non-hydrogen) atoms. The Kier molecular flexibility index (Phi) is 3.53. The van der Waals surface area contributed by atoms with Crippen LogP contribution in [0.25, 0.3) is 0 Å². The summed E-state index contributed by atoms with van der Waals surface area (Å²) in [6.07, 6.45) is -0.230. The van der Waals surface area contributed by atoms with E-state index in [4.69, 9.17) is 5.14 Å². The predicted molar refractivity (Wildman–Crippen MR) is 72.0 cm³/mol. The Morgan fingerprint density at radius 3 is 2.60 bits per heavy atom. The van der Waals surface area contributed by atoms with Gasteiger partial charge in [-0.1, -0.05) is 12.1 Å². The van der Waals surface area contributed by atoms with E-state index in [-0.39, 0.29) is 24.2 Å². The van der Waals surface area contributed by atoms with Gasteiger partial charge in [0.15, 0.2) is 0 Å². The van der Waals surface area contributed by atoms with E-state index in [1.165, 1.54) is 11.0 Å². The molecule has 0 saturated carbocycles. The van der Waals surface area contributed by atoms with Crippen LogP contribution in [0, 0.1) is 6.92 Å². The highest BCUT2D eigenvalue weighted by molar-refractivity contribution is 7.89. The van der Waals surface area contributed by atoms with Gasteiger partial charge in [-0.25, -0.2) is 18.4 Å². The summed E-state index contributed by atoms with van der Waals surface area (Å²) in [4.78, 5) is 24.4.